The maximum absolute atomic E-state index is 12.8. The summed E-state index contributed by atoms with van der Waals surface area (Å²) in [5, 5.41) is 3.23. The van der Waals surface area contributed by atoms with Crippen LogP contribution in [0.15, 0.2) is 18.2 Å². The molecule has 1 heterocycles. The molecule has 1 N–H and O–H groups in total. The molecule has 1 fully saturated rings. The number of rotatable bonds is 1. The van der Waals surface area contributed by atoms with Crippen molar-refractivity contribution in [2.45, 2.75) is 31.9 Å². The molecule has 0 amide bonds. The molecule has 0 bridgehead atoms. The first-order valence-corrected chi connectivity index (χ1v) is 5.87. The van der Waals surface area contributed by atoms with Crippen LogP contribution >= 0.6 is 0 Å². The first-order valence-electron chi connectivity index (χ1n) is 5.87. The van der Waals surface area contributed by atoms with E-state index in [4.69, 9.17) is 0 Å². The minimum Gasteiger partial charge on any atom is -0.317 e. The molecule has 0 unspecified atom stereocenters. The van der Waals surface area contributed by atoms with Gasteiger partial charge in [0, 0.05) is 0 Å². The van der Waals surface area contributed by atoms with Crippen molar-refractivity contribution < 1.29 is 13.2 Å². The van der Waals surface area contributed by atoms with Crippen LogP contribution in [-0.4, -0.2) is 13.1 Å². The molecular weight excluding hydrogens is 227 g/mol. The van der Waals surface area contributed by atoms with Crippen LogP contribution in [0, 0.1) is 6.92 Å². The van der Waals surface area contributed by atoms with E-state index in [1.807, 2.05) is 6.07 Å². The number of hydrogen-bond acceptors (Lipinski definition) is 1. The van der Waals surface area contributed by atoms with Crippen LogP contribution < -0.4 is 5.32 Å². The van der Waals surface area contributed by atoms with Gasteiger partial charge in [0.25, 0.3) is 0 Å². The Kier molecular flexibility index (Phi) is 3.43. The summed E-state index contributed by atoms with van der Waals surface area (Å²) in [7, 11) is 0. The second kappa shape index (κ2) is 4.69. The van der Waals surface area contributed by atoms with Gasteiger partial charge in [-0.2, -0.15) is 13.2 Å². The Morgan fingerprint density at radius 2 is 1.82 bits per heavy atom. The van der Waals surface area contributed by atoms with Crippen LogP contribution in [0.5, 0.6) is 0 Å². The summed E-state index contributed by atoms with van der Waals surface area (Å²) in [6.45, 7) is 3.36. The van der Waals surface area contributed by atoms with E-state index in [1.54, 1.807) is 6.92 Å². The highest BCUT2D eigenvalue weighted by atomic mass is 19.4. The lowest BCUT2D eigenvalue weighted by molar-refractivity contribution is -0.138. The molecule has 2 rings (SSSR count). The summed E-state index contributed by atoms with van der Waals surface area (Å²) in [6.07, 6.45) is -2.41. The van der Waals surface area contributed by atoms with E-state index in [-0.39, 0.29) is 5.92 Å². The average molecular weight is 243 g/mol. The SMILES string of the molecule is Cc1c(C2CCNCC2)cccc1C(F)(F)F. The highest BCUT2D eigenvalue weighted by molar-refractivity contribution is 5.38. The lowest BCUT2D eigenvalue weighted by Crippen LogP contribution is -2.27. The first kappa shape index (κ1) is 12.4. The molecule has 0 spiro atoms. The van der Waals surface area contributed by atoms with Crippen LogP contribution in [0.4, 0.5) is 13.2 Å². The van der Waals surface area contributed by atoms with E-state index in [0.29, 0.717) is 5.56 Å². The van der Waals surface area contributed by atoms with Gasteiger partial charge in [-0.1, -0.05) is 12.1 Å². The zero-order valence-electron chi connectivity index (χ0n) is 9.77. The summed E-state index contributed by atoms with van der Waals surface area (Å²) in [5.74, 6) is 0.263. The van der Waals surface area contributed by atoms with E-state index >= 15 is 0 Å². The monoisotopic (exact) mass is 243 g/mol. The van der Waals surface area contributed by atoms with Gasteiger partial charge in [0.2, 0.25) is 0 Å². The highest BCUT2D eigenvalue weighted by Gasteiger charge is 2.33. The van der Waals surface area contributed by atoms with Gasteiger partial charge in [0.05, 0.1) is 5.56 Å². The third-order valence-corrected chi connectivity index (χ3v) is 3.46. The summed E-state index contributed by atoms with van der Waals surface area (Å²) in [5.41, 5.74) is 0.766. The quantitative estimate of drug-likeness (QED) is 0.796. The fourth-order valence-electron chi connectivity index (χ4n) is 2.54. The highest BCUT2D eigenvalue weighted by Crippen LogP contribution is 2.36. The van der Waals surface area contributed by atoms with Crippen molar-refractivity contribution in [1.29, 1.82) is 0 Å². The van der Waals surface area contributed by atoms with Gasteiger partial charge in [0.15, 0.2) is 0 Å². The molecule has 1 aliphatic rings. The van der Waals surface area contributed by atoms with Crippen molar-refractivity contribution in [2.75, 3.05) is 13.1 Å². The Morgan fingerprint density at radius 3 is 2.41 bits per heavy atom. The Bertz CT molecular complexity index is 392. The van der Waals surface area contributed by atoms with Crippen molar-refractivity contribution >= 4 is 0 Å². The van der Waals surface area contributed by atoms with Gasteiger partial charge < -0.3 is 5.32 Å². The summed E-state index contributed by atoms with van der Waals surface area (Å²) >= 11 is 0. The lowest BCUT2D eigenvalue weighted by Gasteiger charge is -2.25. The van der Waals surface area contributed by atoms with Crippen LogP contribution in [0.3, 0.4) is 0 Å². The number of hydrogen-bond donors (Lipinski definition) is 1. The van der Waals surface area contributed by atoms with E-state index in [2.05, 4.69) is 5.32 Å². The van der Waals surface area contributed by atoms with Gasteiger partial charge in [-0.15, -0.1) is 0 Å². The van der Waals surface area contributed by atoms with Crippen molar-refractivity contribution in [3.8, 4) is 0 Å². The molecule has 1 nitrogen and oxygen atoms in total. The summed E-state index contributed by atoms with van der Waals surface area (Å²) in [4.78, 5) is 0. The Labute approximate surface area is 99.0 Å². The fourth-order valence-corrected chi connectivity index (χ4v) is 2.54. The van der Waals surface area contributed by atoms with E-state index < -0.39 is 11.7 Å². The molecule has 4 heteroatoms. The molecule has 94 valence electrons. The normalized spacial score (nSPS) is 18.4. The van der Waals surface area contributed by atoms with Gasteiger partial charge in [-0.05, 0) is 56.0 Å². The maximum Gasteiger partial charge on any atom is 0.416 e. The largest absolute Gasteiger partial charge is 0.416 e. The van der Waals surface area contributed by atoms with Gasteiger partial charge in [-0.25, -0.2) is 0 Å². The fraction of sp³-hybridized carbons (Fsp3) is 0.538. The topological polar surface area (TPSA) is 12.0 Å². The van der Waals surface area contributed by atoms with E-state index in [9.17, 15) is 13.2 Å². The zero-order chi connectivity index (χ0) is 12.5. The van der Waals surface area contributed by atoms with Crippen LogP contribution in [0.1, 0.15) is 35.4 Å². The molecule has 1 saturated heterocycles. The third kappa shape index (κ3) is 2.63. The molecule has 17 heavy (non-hydrogen) atoms. The predicted octanol–water partition coefficient (Wildman–Crippen LogP) is 3.48. The van der Waals surface area contributed by atoms with Crippen LogP contribution in [0.25, 0.3) is 0 Å². The summed E-state index contributed by atoms with van der Waals surface area (Å²) in [6, 6.07) is 4.52. The van der Waals surface area contributed by atoms with Gasteiger partial charge >= 0.3 is 6.18 Å². The maximum atomic E-state index is 12.8. The molecule has 0 radical (unpaired) electrons. The van der Waals surface area contributed by atoms with Crippen LogP contribution in [-0.2, 0) is 6.18 Å². The second-order valence-electron chi connectivity index (χ2n) is 4.54. The molecule has 1 aliphatic heterocycles. The molecule has 0 aliphatic carbocycles. The number of benzene rings is 1. The van der Waals surface area contributed by atoms with Gasteiger partial charge in [0.1, 0.15) is 0 Å². The van der Waals surface area contributed by atoms with E-state index in [0.717, 1.165) is 31.5 Å². The minimum atomic E-state index is -4.24. The summed E-state index contributed by atoms with van der Waals surface area (Å²) < 4.78 is 38.4. The molecule has 0 atom stereocenters. The number of halogens is 3. The smallest absolute Gasteiger partial charge is 0.317 e. The predicted molar refractivity (Wildman–Crippen MR) is 61.0 cm³/mol. The van der Waals surface area contributed by atoms with E-state index in [1.165, 1.54) is 12.1 Å². The van der Waals surface area contributed by atoms with Crippen molar-refractivity contribution in [2.24, 2.45) is 0 Å². The third-order valence-electron chi connectivity index (χ3n) is 3.46. The Balaban J connectivity index is 2.35. The average Bonchev–Trinajstić information content (AvgIpc) is 2.29. The molecule has 1 aromatic rings. The van der Waals surface area contributed by atoms with Crippen molar-refractivity contribution in [3.05, 3.63) is 34.9 Å². The minimum absolute atomic E-state index is 0.263. The standard InChI is InChI=1S/C13H16F3N/c1-9-11(10-5-7-17-8-6-10)3-2-4-12(9)13(14,15)16/h2-4,10,17H,5-8H2,1H3. The number of piperidine rings is 1. The zero-order valence-corrected chi connectivity index (χ0v) is 9.77. The first-order chi connectivity index (χ1) is 8.00. The van der Waals surface area contributed by atoms with Crippen LogP contribution in [0.2, 0.25) is 0 Å². The molecule has 0 saturated carbocycles. The number of alkyl halides is 3. The van der Waals surface area contributed by atoms with Gasteiger partial charge in [-0.3, -0.25) is 0 Å². The Morgan fingerprint density at radius 1 is 1.18 bits per heavy atom. The molecule has 0 aromatic heterocycles. The number of nitrogens with one attached hydrogen (secondary N) is 1. The lowest BCUT2D eigenvalue weighted by atomic mass is 9.86. The second-order valence-corrected chi connectivity index (χ2v) is 4.54. The molecule has 1 aromatic carbocycles. The van der Waals surface area contributed by atoms with Crippen molar-refractivity contribution in [3.63, 3.8) is 0 Å². The van der Waals surface area contributed by atoms with Crippen molar-refractivity contribution in [1.82, 2.24) is 5.32 Å². The Hall–Kier alpha value is -1.03. The molecular formula is C13H16F3N.